The third kappa shape index (κ3) is 2.83. The quantitative estimate of drug-likeness (QED) is 0.854. The van der Waals surface area contributed by atoms with E-state index in [2.05, 4.69) is 4.90 Å². The maximum Gasteiger partial charge on any atom is 0.247 e. The molecule has 0 spiro atoms. The fourth-order valence-electron chi connectivity index (χ4n) is 2.47. The third-order valence-electron chi connectivity index (χ3n) is 3.76. The van der Waals surface area contributed by atoms with Gasteiger partial charge in [0.1, 0.15) is 10.7 Å². The predicted octanol–water partition coefficient (Wildman–Crippen LogP) is 2.19. The fraction of sp³-hybridized carbons (Fsp3) is 0.538. The molecule has 1 aliphatic heterocycles. The van der Waals surface area contributed by atoms with Gasteiger partial charge in [-0.05, 0) is 31.6 Å². The van der Waals surface area contributed by atoms with Gasteiger partial charge in [0.25, 0.3) is 0 Å². The number of nitrogens with zero attached hydrogens (tertiary/aromatic N) is 2. The first-order valence-electron chi connectivity index (χ1n) is 6.52. The third-order valence-corrected chi connectivity index (χ3v) is 6.18. The summed E-state index contributed by atoms with van der Waals surface area (Å²) in [6.45, 7) is 4.43. The highest BCUT2D eigenvalue weighted by atomic mass is 35.5. The van der Waals surface area contributed by atoms with Crippen LogP contribution in [0.1, 0.15) is 13.3 Å². The lowest BCUT2D eigenvalue weighted by Gasteiger charge is -2.24. The van der Waals surface area contributed by atoms with E-state index in [0.29, 0.717) is 6.54 Å². The van der Waals surface area contributed by atoms with Crippen molar-refractivity contribution in [2.75, 3.05) is 26.7 Å². The molecule has 1 saturated heterocycles. The van der Waals surface area contributed by atoms with Gasteiger partial charge in [-0.3, -0.25) is 0 Å². The lowest BCUT2D eigenvalue weighted by Crippen LogP contribution is -2.39. The SMILES string of the molecule is CCN1CC[C@@H](N(C)S(=O)(=O)c2c(F)cccc2Cl)C1. The van der Waals surface area contributed by atoms with Gasteiger partial charge in [-0.2, -0.15) is 4.31 Å². The predicted molar refractivity (Wildman–Crippen MR) is 76.9 cm³/mol. The Morgan fingerprint density at radius 1 is 1.50 bits per heavy atom. The van der Waals surface area contributed by atoms with E-state index in [-0.39, 0.29) is 11.1 Å². The van der Waals surface area contributed by atoms with Crippen molar-refractivity contribution in [1.29, 1.82) is 0 Å². The molecule has 7 heteroatoms. The molecule has 1 fully saturated rings. The summed E-state index contributed by atoms with van der Waals surface area (Å²) >= 11 is 5.86. The maximum atomic E-state index is 13.8. The highest BCUT2D eigenvalue weighted by Crippen LogP contribution is 2.29. The van der Waals surface area contributed by atoms with Gasteiger partial charge in [0.2, 0.25) is 10.0 Å². The average molecular weight is 321 g/mol. The Morgan fingerprint density at radius 2 is 2.20 bits per heavy atom. The van der Waals surface area contributed by atoms with Crippen LogP contribution < -0.4 is 0 Å². The highest BCUT2D eigenvalue weighted by molar-refractivity contribution is 7.89. The summed E-state index contributed by atoms with van der Waals surface area (Å²) in [6.07, 6.45) is 0.746. The van der Waals surface area contributed by atoms with Crippen molar-refractivity contribution in [1.82, 2.24) is 9.21 Å². The van der Waals surface area contributed by atoms with Crippen molar-refractivity contribution in [3.8, 4) is 0 Å². The Hall–Kier alpha value is -0.690. The lowest BCUT2D eigenvalue weighted by atomic mass is 10.3. The summed E-state index contributed by atoms with van der Waals surface area (Å²) < 4.78 is 40.2. The van der Waals surface area contributed by atoms with Gasteiger partial charge in [0, 0.05) is 19.6 Å². The molecule has 1 atom stereocenters. The first kappa shape index (κ1) is 15.7. The zero-order valence-corrected chi connectivity index (χ0v) is 13.1. The molecular weight excluding hydrogens is 303 g/mol. The van der Waals surface area contributed by atoms with Gasteiger partial charge in [0.05, 0.1) is 5.02 Å². The molecule has 0 aliphatic carbocycles. The molecule has 0 aromatic heterocycles. The zero-order valence-electron chi connectivity index (χ0n) is 11.5. The van der Waals surface area contributed by atoms with Crippen LogP contribution in [0.3, 0.4) is 0 Å². The van der Waals surface area contributed by atoms with Crippen molar-refractivity contribution < 1.29 is 12.8 Å². The minimum absolute atomic E-state index is 0.0813. The fourth-order valence-corrected chi connectivity index (χ4v) is 4.40. The van der Waals surface area contributed by atoms with Crippen molar-refractivity contribution in [3.05, 3.63) is 29.0 Å². The second kappa shape index (κ2) is 5.97. The molecule has 0 radical (unpaired) electrons. The molecule has 0 amide bonds. The maximum absolute atomic E-state index is 13.8. The van der Waals surface area contributed by atoms with Crippen molar-refractivity contribution in [3.63, 3.8) is 0 Å². The van der Waals surface area contributed by atoms with E-state index in [9.17, 15) is 12.8 Å². The normalized spacial score (nSPS) is 20.8. The van der Waals surface area contributed by atoms with Crippen molar-refractivity contribution in [2.24, 2.45) is 0 Å². The number of halogens is 2. The molecule has 112 valence electrons. The lowest BCUT2D eigenvalue weighted by molar-refractivity contribution is 0.316. The Balaban J connectivity index is 2.31. The highest BCUT2D eigenvalue weighted by Gasteiger charge is 2.35. The van der Waals surface area contributed by atoms with E-state index in [0.717, 1.165) is 25.6 Å². The van der Waals surface area contributed by atoms with Crippen LogP contribution in [-0.2, 0) is 10.0 Å². The van der Waals surface area contributed by atoms with Gasteiger partial charge >= 0.3 is 0 Å². The molecule has 4 nitrogen and oxygen atoms in total. The van der Waals surface area contributed by atoms with Crippen LogP contribution in [-0.4, -0.2) is 50.3 Å². The van der Waals surface area contributed by atoms with E-state index in [1.54, 1.807) is 0 Å². The van der Waals surface area contributed by atoms with E-state index in [4.69, 9.17) is 11.6 Å². The van der Waals surface area contributed by atoms with Crippen LogP contribution in [0.25, 0.3) is 0 Å². The molecule has 1 heterocycles. The second-order valence-corrected chi connectivity index (χ2v) is 7.25. The van der Waals surface area contributed by atoms with Gasteiger partial charge in [-0.25, -0.2) is 12.8 Å². The number of hydrogen-bond donors (Lipinski definition) is 0. The van der Waals surface area contributed by atoms with Gasteiger partial charge < -0.3 is 4.90 Å². The van der Waals surface area contributed by atoms with Crippen molar-refractivity contribution >= 4 is 21.6 Å². The number of likely N-dealkylation sites (tertiary alicyclic amines) is 1. The number of benzene rings is 1. The van der Waals surface area contributed by atoms with Gasteiger partial charge in [0.15, 0.2) is 0 Å². The first-order chi connectivity index (χ1) is 9.37. The topological polar surface area (TPSA) is 40.6 Å². The summed E-state index contributed by atoms with van der Waals surface area (Å²) in [4.78, 5) is 1.73. The summed E-state index contributed by atoms with van der Waals surface area (Å²) in [5.74, 6) is -0.810. The van der Waals surface area contributed by atoms with Crippen LogP contribution in [0.2, 0.25) is 5.02 Å². The standard InChI is InChI=1S/C13H18ClFN2O2S/c1-3-17-8-7-10(9-17)16(2)20(18,19)13-11(14)5-4-6-12(13)15/h4-6,10H,3,7-9H2,1-2H3/t10-/m1/s1. The number of rotatable bonds is 4. The number of likely N-dealkylation sites (N-methyl/N-ethyl adjacent to an activating group) is 2. The summed E-state index contributed by atoms with van der Waals surface area (Å²) in [7, 11) is -2.43. The molecule has 1 aromatic rings. The largest absolute Gasteiger partial charge is 0.302 e. The Morgan fingerprint density at radius 3 is 2.75 bits per heavy atom. The molecule has 2 rings (SSSR count). The second-order valence-electron chi connectivity index (χ2n) is 4.91. The van der Waals surface area contributed by atoms with Crippen LogP contribution in [0, 0.1) is 5.82 Å². The molecular formula is C13H18ClFN2O2S. The molecule has 20 heavy (non-hydrogen) atoms. The average Bonchev–Trinajstić information content (AvgIpc) is 2.85. The van der Waals surface area contributed by atoms with Gasteiger partial charge in [-0.15, -0.1) is 0 Å². The van der Waals surface area contributed by atoms with E-state index >= 15 is 0 Å². The molecule has 0 saturated carbocycles. The summed E-state index contributed by atoms with van der Waals surface area (Å²) in [5, 5.41) is -0.0813. The Kier molecular flexibility index (Phi) is 4.69. The monoisotopic (exact) mass is 320 g/mol. The zero-order chi connectivity index (χ0) is 14.9. The minimum atomic E-state index is -3.92. The van der Waals surface area contributed by atoms with Crippen LogP contribution in [0.4, 0.5) is 4.39 Å². The molecule has 0 bridgehead atoms. The summed E-state index contributed by atoms with van der Waals surface area (Å²) in [6, 6.07) is 3.75. The van der Waals surface area contributed by atoms with Crippen LogP contribution in [0.15, 0.2) is 23.1 Å². The molecule has 1 aliphatic rings. The number of sulfonamides is 1. The van der Waals surface area contributed by atoms with Crippen LogP contribution >= 0.6 is 11.6 Å². The first-order valence-corrected chi connectivity index (χ1v) is 8.34. The van der Waals surface area contributed by atoms with Crippen molar-refractivity contribution in [2.45, 2.75) is 24.3 Å². The summed E-state index contributed by atoms with van der Waals surface area (Å²) in [5.41, 5.74) is 0. The van der Waals surface area contributed by atoms with Gasteiger partial charge in [-0.1, -0.05) is 24.6 Å². The molecule has 0 unspecified atom stereocenters. The Bertz CT molecular complexity index is 574. The Labute approximate surface area is 124 Å². The van der Waals surface area contributed by atoms with Crippen LogP contribution in [0.5, 0.6) is 0 Å². The molecule has 0 N–H and O–H groups in total. The number of hydrogen-bond acceptors (Lipinski definition) is 3. The minimum Gasteiger partial charge on any atom is -0.302 e. The van der Waals surface area contributed by atoms with E-state index < -0.39 is 20.7 Å². The van der Waals surface area contributed by atoms with E-state index in [1.165, 1.54) is 23.5 Å². The van der Waals surface area contributed by atoms with E-state index in [1.807, 2.05) is 6.92 Å². The smallest absolute Gasteiger partial charge is 0.247 e. The molecule has 1 aromatic carbocycles.